The predicted molar refractivity (Wildman–Crippen MR) is 86.1 cm³/mol. The molecule has 7 heteroatoms. The van der Waals surface area contributed by atoms with Gasteiger partial charge in [0.25, 0.3) is 0 Å². The maximum absolute atomic E-state index is 9.45. The number of nitriles is 1. The van der Waals surface area contributed by atoms with E-state index in [1.807, 2.05) is 13.1 Å². The first-order valence-electron chi connectivity index (χ1n) is 7.35. The zero-order valence-electron chi connectivity index (χ0n) is 12.3. The van der Waals surface area contributed by atoms with Crippen LogP contribution in [0.25, 0.3) is 10.7 Å². The summed E-state index contributed by atoms with van der Waals surface area (Å²) in [5.41, 5.74) is 0.665. The Hall–Kier alpha value is -1.33. The van der Waals surface area contributed by atoms with Gasteiger partial charge in [0, 0.05) is 34.1 Å². The van der Waals surface area contributed by atoms with Crippen molar-refractivity contribution in [1.29, 1.82) is 5.26 Å². The Morgan fingerprint density at radius 3 is 3.18 bits per heavy atom. The molecule has 1 aromatic heterocycles. The fourth-order valence-corrected chi connectivity index (χ4v) is 3.61. The van der Waals surface area contributed by atoms with Crippen molar-refractivity contribution in [2.45, 2.75) is 31.1 Å². The zero-order valence-corrected chi connectivity index (χ0v) is 13.9. The molecule has 22 heavy (non-hydrogen) atoms. The van der Waals surface area contributed by atoms with Gasteiger partial charge in [-0.15, -0.1) is 0 Å². The summed E-state index contributed by atoms with van der Waals surface area (Å²) in [6.45, 7) is 1.15. The van der Waals surface area contributed by atoms with E-state index in [1.54, 1.807) is 12.3 Å². The van der Waals surface area contributed by atoms with Gasteiger partial charge in [-0.2, -0.15) is 5.26 Å². The minimum absolute atomic E-state index is 0.0515. The third-order valence-corrected chi connectivity index (χ3v) is 5.27. The van der Waals surface area contributed by atoms with E-state index in [1.165, 1.54) is 0 Å². The van der Waals surface area contributed by atoms with Gasteiger partial charge in [0.2, 0.25) is 5.76 Å². The van der Waals surface area contributed by atoms with Crippen molar-refractivity contribution in [3.63, 3.8) is 0 Å². The quantitative estimate of drug-likeness (QED) is 0.660. The molecule has 0 bridgehead atoms. The van der Waals surface area contributed by atoms with Crippen LogP contribution in [0.5, 0.6) is 0 Å². The van der Waals surface area contributed by atoms with Gasteiger partial charge in [-0.3, -0.25) is 5.32 Å². The molecule has 0 aliphatic carbocycles. The van der Waals surface area contributed by atoms with Crippen LogP contribution in [-0.2, 0) is 0 Å². The minimum atomic E-state index is -0.0515. The Morgan fingerprint density at radius 2 is 2.45 bits per heavy atom. The van der Waals surface area contributed by atoms with Crippen molar-refractivity contribution in [3.05, 3.63) is 22.5 Å². The van der Waals surface area contributed by atoms with Crippen LogP contribution in [-0.4, -0.2) is 48.5 Å². The third kappa shape index (κ3) is 2.92. The molecule has 0 saturated carbocycles. The number of piperidine rings is 1. The number of likely N-dealkylation sites (tertiary alicyclic amines) is 1. The second kappa shape index (κ2) is 6.42. The Morgan fingerprint density at radius 1 is 1.64 bits per heavy atom. The van der Waals surface area contributed by atoms with Crippen molar-refractivity contribution in [1.82, 2.24) is 15.5 Å². The molecule has 2 aliphatic heterocycles. The molecule has 1 unspecified atom stereocenters. The van der Waals surface area contributed by atoms with Crippen LogP contribution in [0.1, 0.15) is 18.6 Å². The van der Waals surface area contributed by atoms with Crippen molar-refractivity contribution < 1.29 is 9.52 Å². The van der Waals surface area contributed by atoms with Crippen molar-refractivity contribution in [3.8, 4) is 6.07 Å². The Labute approximate surface area is 137 Å². The van der Waals surface area contributed by atoms with Crippen LogP contribution in [0.4, 0.5) is 0 Å². The fraction of sp³-hybridized carbons (Fsp3) is 0.533. The van der Waals surface area contributed by atoms with Crippen LogP contribution in [0.2, 0.25) is 0 Å². The molecule has 3 heterocycles. The monoisotopic (exact) mass is 366 g/mol. The molecule has 2 aliphatic rings. The highest BCUT2D eigenvalue weighted by Gasteiger charge is 2.28. The van der Waals surface area contributed by atoms with Gasteiger partial charge in [-0.25, -0.2) is 0 Å². The van der Waals surface area contributed by atoms with E-state index in [0.717, 1.165) is 29.1 Å². The van der Waals surface area contributed by atoms with Gasteiger partial charge in [0.15, 0.2) is 5.42 Å². The number of furan rings is 1. The van der Waals surface area contributed by atoms with Crippen molar-refractivity contribution in [2.24, 2.45) is 0 Å². The maximum atomic E-state index is 9.45. The molecule has 0 aromatic carbocycles. The molecule has 0 amide bonds. The summed E-state index contributed by atoms with van der Waals surface area (Å²) in [6, 6.07) is 4.29. The fourth-order valence-electron chi connectivity index (χ4n) is 3.03. The summed E-state index contributed by atoms with van der Waals surface area (Å²) in [4.78, 5) is 2.20. The smallest absolute Gasteiger partial charge is 0.204 e. The average Bonchev–Trinajstić information content (AvgIpc) is 2.96. The molecular formula is C15H19BrN4O2. The molecule has 3 rings (SSSR count). The van der Waals surface area contributed by atoms with Gasteiger partial charge in [0.1, 0.15) is 12.2 Å². The normalized spacial score (nSPS) is 28.5. The molecule has 1 aromatic rings. The summed E-state index contributed by atoms with van der Waals surface area (Å²) in [7, 11) is 2.05. The molecule has 3 atom stereocenters. The number of halogens is 1. The number of fused-ring (bicyclic) bond motifs is 1. The summed E-state index contributed by atoms with van der Waals surface area (Å²) >= 11 is 3.61. The summed E-state index contributed by atoms with van der Waals surface area (Å²) in [6.07, 6.45) is 3.68. The van der Waals surface area contributed by atoms with Crippen LogP contribution < -0.4 is 21.3 Å². The van der Waals surface area contributed by atoms with Gasteiger partial charge in [-0.05, 0) is 26.4 Å². The first-order chi connectivity index (χ1) is 10.6. The number of rotatable bonds is 3. The predicted octanol–water partition coefficient (Wildman–Crippen LogP) is -0.634. The summed E-state index contributed by atoms with van der Waals surface area (Å²) < 4.78 is 6.35. The van der Waals surface area contributed by atoms with E-state index < -0.39 is 0 Å². The first-order valence-corrected chi connectivity index (χ1v) is 8.14. The number of aliphatic hydroxyl groups excluding tert-OH is 1. The molecule has 1 fully saturated rings. The van der Waals surface area contributed by atoms with Crippen LogP contribution in [0, 0.1) is 11.3 Å². The molecule has 118 valence electrons. The van der Waals surface area contributed by atoms with E-state index in [-0.39, 0.29) is 18.8 Å². The topological polar surface area (TPSA) is 84.5 Å². The highest BCUT2D eigenvalue weighted by molar-refractivity contribution is 9.15. The van der Waals surface area contributed by atoms with Gasteiger partial charge in [0.05, 0.1) is 6.61 Å². The highest BCUT2D eigenvalue weighted by Crippen LogP contribution is 2.18. The SMILES string of the molecule is CN1CC[C@H](NC2NC=c3oc(C#N)cc3=C2Br)C[C@H]1CO. The lowest BCUT2D eigenvalue weighted by atomic mass is 9.98. The average molecular weight is 367 g/mol. The number of nitrogens with zero attached hydrogens (tertiary/aromatic N) is 2. The second-order valence-corrected chi connectivity index (χ2v) is 6.65. The lowest BCUT2D eigenvalue weighted by molar-refractivity contribution is 0.0948. The Bertz CT molecular complexity index is 708. The number of hydrogen-bond acceptors (Lipinski definition) is 6. The molecule has 0 spiro atoms. The first kappa shape index (κ1) is 15.6. The van der Waals surface area contributed by atoms with Crippen molar-refractivity contribution >= 4 is 26.6 Å². The van der Waals surface area contributed by atoms with Crippen molar-refractivity contribution in [2.75, 3.05) is 20.2 Å². The number of aliphatic hydroxyl groups is 1. The third-order valence-electron chi connectivity index (χ3n) is 4.39. The highest BCUT2D eigenvalue weighted by atomic mass is 79.9. The largest absolute Gasteiger partial charge is 0.444 e. The maximum Gasteiger partial charge on any atom is 0.204 e. The van der Waals surface area contributed by atoms with E-state index in [9.17, 15) is 5.11 Å². The lowest BCUT2D eigenvalue weighted by Gasteiger charge is -2.38. The van der Waals surface area contributed by atoms with Gasteiger partial charge in [-0.1, -0.05) is 15.9 Å². The standard InChI is InChI=1S/C15H19BrN4O2/c1-20-3-2-9(4-10(20)8-21)19-15-14(16)12-5-11(6-17)22-13(12)7-18-15/h5,7,9-10,15,18-19,21H,2-4,8H2,1H3/t9-,10-,15?/m0/s1. The minimum Gasteiger partial charge on any atom is -0.444 e. The number of likely N-dealkylation sites (N-methyl/N-ethyl adjacent to an activating group) is 1. The van der Waals surface area contributed by atoms with Gasteiger partial charge < -0.3 is 19.7 Å². The Balaban J connectivity index is 1.76. The molecule has 6 nitrogen and oxygen atoms in total. The van der Waals surface area contributed by atoms with Crippen LogP contribution >= 0.6 is 15.9 Å². The van der Waals surface area contributed by atoms with E-state index >= 15 is 0 Å². The molecule has 1 saturated heterocycles. The van der Waals surface area contributed by atoms with E-state index in [0.29, 0.717) is 17.2 Å². The van der Waals surface area contributed by atoms with E-state index in [4.69, 9.17) is 9.68 Å². The van der Waals surface area contributed by atoms with Crippen LogP contribution in [0.3, 0.4) is 0 Å². The van der Waals surface area contributed by atoms with Gasteiger partial charge >= 0.3 is 0 Å². The lowest BCUT2D eigenvalue weighted by Crippen LogP contribution is -2.55. The number of nitrogens with one attached hydrogen (secondary N) is 2. The summed E-state index contributed by atoms with van der Waals surface area (Å²) in [5.74, 6) is 0.306. The summed E-state index contributed by atoms with van der Waals surface area (Å²) in [5, 5.41) is 26.1. The van der Waals surface area contributed by atoms with Crippen LogP contribution in [0.15, 0.2) is 10.5 Å². The second-order valence-electron chi connectivity index (χ2n) is 5.80. The molecular weight excluding hydrogens is 348 g/mol. The molecule has 3 N–H and O–H groups in total. The number of hydrogen-bond donors (Lipinski definition) is 3. The molecule has 0 radical (unpaired) electrons. The van der Waals surface area contributed by atoms with E-state index in [2.05, 4.69) is 31.5 Å². The Kier molecular flexibility index (Phi) is 4.54. The zero-order chi connectivity index (χ0) is 15.7.